The van der Waals surface area contributed by atoms with Crippen LogP contribution in [0.3, 0.4) is 0 Å². The second-order valence-electron chi connectivity index (χ2n) is 6.84. The zero-order valence-electron chi connectivity index (χ0n) is 17.8. The molecule has 2 aliphatic heterocycles. The summed E-state index contributed by atoms with van der Waals surface area (Å²) in [6, 6.07) is 2.09. The zero-order chi connectivity index (χ0) is 24.4. The number of fused-ring (bicyclic) bond motifs is 1. The number of hydrogen-bond acceptors (Lipinski definition) is 13. The zero-order valence-corrected chi connectivity index (χ0v) is 21.1. The van der Waals surface area contributed by atoms with E-state index in [1.807, 2.05) is 0 Å². The van der Waals surface area contributed by atoms with Crippen LogP contribution < -0.4 is 16.2 Å². The molecule has 0 bridgehead atoms. The van der Waals surface area contributed by atoms with E-state index in [1.165, 1.54) is 37.4 Å². The quantitative estimate of drug-likeness (QED) is 0.254. The van der Waals surface area contributed by atoms with Gasteiger partial charge in [0, 0.05) is 17.7 Å². The van der Waals surface area contributed by atoms with Crippen LogP contribution in [0, 0.1) is 0 Å². The largest absolute Gasteiger partial charge is 0.543 e. The Balaban J connectivity index is 0.00000342. The van der Waals surface area contributed by atoms with Crippen LogP contribution in [0.15, 0.2) is 45.4 Å². The Morgan fingerprint density at radius 2 is 2.23 bits per heavy atom. The molecular formula is C19H17ClN5O7S3-. The normalized spacial score (nSPS) is 19.4. The lowest BCUT2D eigenvalue weighted by molar-refractivity contribution is -0.301. The van der Waals surface area contributed by atoms with E-state index < -0.39 is 29.2 Å². The van der Waals surface area contributed by atoms with Crippen molar-refractivity contribution in [3.05, 3.63) is 46.5 Å². The number of anilines is 1. The maximum absolute atomic E-state index is 12.8. The van der Waals surface area contributed by atoms with Gasteiger partial charge in [0.2, 0.25) is 0 Å². The number of carbonyl (C=O) groups is 4. The number of β-lactam (4-membered cyclic amide) rings is 1. The first-order valence-electron chi connectivity index (χ1n) is 9.54. The highest BCUT2D eigenvalue weighted by atomic mass is 35.5. The first-order chi connectivity index (χ1) is 16.3. The Morgan fingerprint density at radius 3 is 2.83 bits per heavy atom. The number of nitrogens with two attached hydrogens (primary N) is 1. The summed E-state index contributed by atoms with van der Waals surface area (Å²) in [6.45, 7) is 0. The highest BCUT2D eigenvalue weighted by molar-refractivity contribution is 8.14. The summed E-state index contributed by atoms with van der Waals surface area (Å²) in [4.78, 5) is 59.6. The molecule has 0 saturated carbocycles. The van der Waals surface area contributed by atoms with Crippen molar-refractivity contribution in [1.82, 2.24) is 15.2 Å². The Labute approximate surface area is 216 Å². The van der Waals surface area contributed by atoms with Crippen molar-refractivity contribution in [3.63, 3.8) is 0 Å². The summed E-state index contributed by atoms with van der Waals surface area (Å²) in [6.07, 6.45) is 2.72. The number of aliphatic carboxylic acids is 1. The van der Waals surface area contributed by atoms with Crippen molar-refractivity contribution < 1.29 is 33.5 Å². The van der Waals surface area contributed by atoms with Gasteiger partial charge in [-0.3, -0.25) is 19.3 Å². The predicted octanol–water partition coefficient (Wildman–Crippen LogP) is 0.0681. The highest BCUT2D eigenvalue weighted by Gasteiger charge is 2.53. The van der Waals surface area contributed by atoms with Gasteiger partial charge in [0.25, 0.3) is 16.9 Å². The summed E-state index contributed by atoms with van der Waals surface area (Å²) in [5.74, 6) is -2.45. The lowest BCUT2D eigenvalue weighted by Crippen LogP contribution is -2.71. The number of halogens is 1. The molecule has 4 rings (SSSR count). The summed E-state index contributed by atoms with van der Waals surface area (Å²) >= 11 is 3.14. The number of oxime groups is 1. The lowest BCUT2D eigenvalue weighted by atomic mass is 10.0. The fourth-order valence-corrected chi connectivity index (χ4v) is 6.24. The third-order valence-electron chi connectivity index (χ3n) is 4.78. The number of carboxylic acid groups (broad SMARTS) is 1. The van der Waals surface area contributed by atoms with E-state index in [1.54, 1.807) is 6.07 Å². The monoisotopic (exact) mass is 558 g/mol. The summed E-state index contributed by atoms with van der Waals surface area (Å²) < 4.78 is 5.04. The molecule has 1 saturated heterocycles. The van der Waals surface area contributed by atoms with Crippen LogP contribution in [-0.4, -0.2) is 68.5 Å². The Kier molecular flexibility index (Phi) is 8.47. The van der Waals surface area contributed by atoms with Gasteiger partial charge in [-0.05, 0) is 17.7 Å². The molecule has 12 nitrogen and oxygen atoms in total. The van der Waals surface area contributed by atoms with Gasteiger partial charge in [-0.15, -0.1) is 24.2 Å². The molecule has 0 spiro atoms. The molecule has 0 radical (unpaired) electrons. The number of nitrogen functional groups attached to an aromatic ring is 1. The first kappa shape index (κ1) is 26.6. The van der Waals surface area contributed by atoms with Crippen LogP contribution in [0.2, 0.25) is 0 Å². The van der Waals surface area contributed by atoms with Crippen molar-refractivity contribution in [2.45, 2.75) is 11.4 Å². The van der Waals surface area contributed by atoms with Crippen molar-refractivity contribution in [1.29, 1.82) is 0 Å². The maximum atomic E-state index is 12.8. The number of rotatable bonds is 8. The molecule has 2 amide bonds. The van der Waals surface area contributed by atoms with E-state index >= 15 is 0 Å². The molecular weight excluding hydrogens is 542 g/mol. The summed E-state index contributed by atoms with van der Waals surface area (Å²) in [5, 5.41) is 17.3. The number of aromatic nitrogens is 1. The van der Waals surface area contributed by atoms with Crippen molar-refractivity contribution >= 4 is 81.0 Å². The van der Waals surface area contributed by atoms with Crippen LogP contribution in [0.1, 0.15) is 15.4 Å². The van der Waals surface area contributed by atoms with E-state index in [9.17, 15) is 24.3 Å². The van der Waals surface area contributed by atoms with Crippen LogP contribution in [-0.2, 0) is 19.2 Å². The minimum absolute atomic E-state index is 0. The smallest absolute Gasteiger partial charge is 0.275 e. The number of hydrogen-bond donors (Lipinski definition) is 2. The molecule has 16 heteroatoms. The molecule has 2 aliphatic rings. The van der Waals surface area contributed by atoms with Crippen LogP contribution in [0.5, 0.6) is 0 Å². The van der Waals surface area contributed by atoms with Gasteiger partial charge in [-0.25, -0.2) is 4.98 Å². The standard InChI is InChI=1S/C19H17N5O7S3.ClH/c1-30-23-11(10-5-21-19(20)34-10)14(25)22-12-15(26)24-13(17(27)28)8(6-32-16(12)24)7-33-18(29)9-3-2-4-31-9;/h2-5,12,16H,6-7H2,1H3,(H2,20,21)(H,22,25)(H,27,28);1H/p-1/b23-11+;. The van der Waals surface area contributed by atoms with E-state index in [0.29, 0.717) is 10.5 Å². The number of carbonyl (C=O) groups excluding carboxylic acids is 4. The number of amides is 2. The molecule has 35 heavy (non-hydrogen) atoms. The van der Waals surface area contributed by atoms with Crippen molar-refractivity contribution in [2.75, 3.05) is 24.3 Å². The topological polar surface area (TPSA) is 180 Å². The molecule has 2 aromatic rings. The second-order valence-corrected chi connectivity index (χ2v) is 9.95. The van der Waals surface area contributed by atoms with Crippen LogP contribution >= 0.6 is 47.3 Å². The first-order valence-corrected chi connectivity index (χ1v) is 12.4. The molecule has 0 aliphatic carbocycles. The SMILES string of the molecule is CO/N=C(/C(=O)NC1C(=O)N2C(C(=O)[O-])=C(CSC(=O)c3ccco3)CSC12)c1cnc(N)s1.Cl. The molecule has 0 aromatic carbocycles. The van der Waals surface area contributed by atoms with E-state index in [4.69, 9.17) is 15.0 Å². The van der Waals surface area contributed by atoms with Crippen molar-refractivity contribution in [3.8, 4) is 0 Å². The van der Waals surface area contributed by atoms with Crippen LogP contribution in [0.25, 0.3) is 0 Å². The van der Waals surface area contributed by atoms with Gasteiger partial charge in [0.15, 0.2) is 16.6 Å². The highest BCUT2D eigenvalue weighted by Crippen LogP contribution is 2.41. The second kappa shape index (κ2) is 11.2. The number of nitrogens with zero attached hydrogens (tertiary/aromatic N) is 3. The summed E-state index contributed by atoms with van der Waals surface area (Å²) in [5.41, 5.74) is 5.57. The average molecular weight is 559 g/mol. The molecule has 186 valence electrons. The molecule has 2 atom stereocenters. The molecule has 3 N–H and O–H groups in total. The number of carboxylic acids is 1. The predicted molar refractivity (Wildman–Crippen MR) is 130 cm³/mol. The lowest BCUT2D eigenvalue weighted by Gasteiger charge is -2.50. The minimum atomic E-state index is -1.54. The average Bonchev–Trinajstić information content (AvgIpc) is 3.50. The molecule has 1 fully saturated rings. The van der Waals surface area contributed by atoms with Crippen LogP contribution in [0.4, 0.5) is 5.13 Å². The fraction of sp³-hybridized carbons (Fsp3) is 0.263. The maximum Gasteiger partial charge on any atom is 0.275 e. The van der Waals surface area contributed by atoms with Gasteiger partial charge in [0.05, 0.1) is 22.8 Å². The number of thiazole rings is 1. The third-order valence-corrected chi connectivity index (χ3v) is 7.91. The van der Waals surface area contributed by atoms with Gasteiger partial charge in [-0.2, -0.15) is 0 Å². The van der Waals surface area contributed by atoms with Gasteiger partial charge >= 0.3 is 0 Å². The van der Waals surface area contributed by atoms with E-state index in [0.717, 1.165) is 28.0 Å². The Hall–Kier alpha value is -3.01. The molecule has 2 aromatic heterocycles. The van der Waals surface area contributed by atoms with Gasteiger partial charge < -0.3 is 30.2 Å². The Bertz CT molecular complexity index is 1210. The fourth-order valence-electron chi connectivity index (χ4n) is 3.30. The number of nitrogens with one attached hydrogen (secondary N) is 1. The molecule has 2 unspecified atom stereocenters. The summed E-state index contributed by atoms with van der Waals surface area (Å²) in [7, 11) is 1.26. The van der Waals surface area contributed by atoms with Gasteiger partial charge in [0.1, 0.15) is 18.5 Å². The van der Waals surface area contributed by atoms with E-state index in [-0.39, 0.29) is 51.3 Å². The minimum Gasteiger partial charge on any atom is -0.543 e. The van der Waals surface area contributed by atoms with Crippen molar-refractivity contribution in [2.24, 2.45) is 5.16 Å². The number of furan rings is 1. The van der Waals surface area contributed by atoms with E-state index in [2.05, 4.69) is 15.5 Å². The third kappa shape index (κ3) is 5.32. The molecule has 4 heterocycles. The van der Waals surface area contributed by atoms with Gasteiger partial charge in [-0.1, -0.05) is 28.3 Å². The number of thioether (sulfide) groups is 2. The Morgan fingerprint density at radius 1 is 1.46 bits per heavy atom.